The number of ether oxygens (including phenoxy) is 1. The zero-order valence-electron chi connectivity index (χ0n) is 12.5. The Morgan fingerprint density at radius 3 is 2.87 bits per heavy atom. The number of aryl methyl sites for hydroxylation is 1. The van der Waals surface area contributed by atoms with Crippen LogP contribution < -0.4 is 0 Å². The van der Waals surface area contributed by atoms with Gasteiger partial charge in [-0.25, -0.2) is 9.18 Å². The fourth-order valence-corrected chi connectivity index (χ4v) is 5.20. The van der Waals surface area contributed by atoms with Crippen LogP contribution in [0.3, 0.4) is 0 Å². The van der Waals surface area contributed by atoms with Crippen LogP contribution in [-0.2, 0) is 10.5 Å². The molecule has 2 heterocycles. The first-order valence-electron chi connectivity index (χ1n) is 6.90. The van der Waals surface area contributed by atoms with Crippen LogP contribution in [0.4, 0.5) is 4.39 Å². The number of rotatable bonds is 5. The molecule has 0 saturated carbocycles. The van der Waals surface area contributed by atoms with Gasteiger partial charge in [-0.2, -0.15) is 0 Å². The number of halogens is 1. The minimum absolute atomic E-state index is 0.289. The van der Waals surface area contributed by atoms with Crippen LogP contribution in [0.2, 0.25) is 0 Å². The molecular formula is C15H13FN2O2S3. The van der Waals surface area contributed by atoms with E-state index in [-0.39, 0.29) is 12.4 Å². The Hall–Kier alpha value is -1.51. The van der Waals surface area contributed by atoms with Crippen molar-refractivity contribution in [2.24, 2.45) is 0 Å². The topological polar surface area (TPSA) is 52.1 Å². The fourth-order valence-electron chi connectivity index (χ4n) is 2.14. The summed E-state index contributed by atoms with van der Waals surface area (Å²) in [7, 11) is 0. The zero-order chi connectivity index (χ0) is 16.4. The van der Waals surface area contributed by atoms with Crippen molar-refractivity contribution in [2.45, 2.75) is 23.9 Å². The Morgan fingerprint density at radius 2 is 2.17 bits per heavy atom. The lowest BCUT2D eigenvalue weighted by Gasteiger charge is -2.04. The van der Waals surface area contributed by atoms with Gasteiger partial charge in [0.1, 0.15) is 15.7 Å². The number of thioether (sulfide) groups is 1. The molecule has 4 nitrogen and oxygen atoms in total. The van der Waals surface area contributed by atoms with Gasteiger partial charge in [0.15, 0.2) is 4.34 Å². The summed E-state index contributed by atoms with van der Waals surface area (Å²) >= 11 is 4.19. The normalized spacial score (nSPS) is 11.1. The number of thiophene rings is 1. The van der Waals surface area contributed by atoms with Crippen molar-refractivity contribution in [1.29, 1.82) is 0 Å². The molecule has 0 atom stereocenters. The summed E-state index contributed by atoms with van der Waals surface area (Å²) in [4.78, 5) is 12.7. The molecule has 0 aliphatic heterocycles. The van der Waals surface area contributed by atoms with Gasteiger partial charge in [-0.3, -0.25) is 0 Å². The SMILES string of the molecule is CCOC(=O)c1sc2cccc(F)c2c1CSc1nnc(C)s1. The van der Waals surface area contributed by atoms with Crippen LogP contribution in [0.15, 0.2) is 22.5 Å². The van der Waals surface area contributed by atoms with Crippen LogP contribution in [0.25, 0.3) is 10.1 Å². The van der Waals surface area contributed by atoms with Crippen molar-refractivity contribution in [2.75, 3.05) is 6.61 Å². The summed E-state index contributed by atoms with van der Waals surface area (Å²) in [6.45, 7) is 3.92. The van der Waals surface area contributed by atoms with E-state index in [0.717, 1.165) is 14.0 Å². The molecule has 0 radical (unpaired) electrons. The summed E-state index contributed by atoms with van der Waals surface area (Å²) in [5.74, 6) is -0.278. The van der Waals surface area contributed by atoms with Gasteiger partial charge in [0.25, 0.3) is 0 Å². The van der Waals surface area contributed by atoms with E-state index in [4.69, 9.17) is 4.74 Å². The maximum Gasteiger partial charge on any atom is 0.348 e. The molecule has 0 amide bonds. The maximum atomic E-state index is 14.3. The predicted molar refractivity (Wildman–Crippen MR) is 91.9 cm³/mol. The number of aromatic nitrogens is 2. The second-order valence-electron chi connectivity index (χ2n) is 4.62. The lowest BCUT2D eigenvalue weighted by atomic mass is 10.1. The van der Waals surface area contributed by atoms with Crippen LogP contribution in [-0.4, -0.2) is 22.8 Å². The van der Waals surface area contributed by atoms with Crippen molar-refractivity contribution >= 4 is 50.5 Å². The number of carbonyl (C=O) groups is 1. The Morgan fingerprint density at radius 1 is 1.35 bits per heavy atom. The van der Waals surface area contributed by atoms with E-state index in [1.165, 1.54) is 40.5 Å². The number of hydrogen-bond acceptors (Lipinski definition) is 7. The molecule has 2 aromatic heterocycles. The van der Waals surface area contributed by atoms with Gasteiger partial charge in [0.05, 0.1) is 6.61 Å². The molecule has 0 spiro atoms. The Balaban J connectivity index is 2.00. The monoisotopic (exact) mass is 368 g/mol. The third kappa shape index (κ3) is 3.39. The highest BCUT2D eigenvalue weighted by Gasteiger charge is 2.22. The standard InChI is InChI=1S/C15H13FN2O2S3/c1-3-20-14(19)13-9(7-21-15-18-17-8(2)22-15)12-10(16)5-4-6-11(12)23-13/h4-6H,3,7H2,1-2H3. The van der Waals surface area contributed by atoms with Gasteiger partial charge in [-0.1, -0.05) is 29.2 Å². The number of carbonyl (C=O) groups excluding carboxylic acids is 1. The number of benzene rings is 1. The fraction of sp³-hybridized carbons (Fsp3) is 0.267. The van der Waals surface area contributed by atoms with Gasteiger partial charge in [0, 0.05) is 15.8 Å². The highest BCUT2D eigenvalue weighted by molar-refractivity contribution is 8.00. The second kappa shape index (κ2) is 6.94. The Labute approximate surface area is 144 Å². The molecule has 3 aromatic rings. The first kappa shape index (κ1) is 16.4. The summed E-state index contributed by atoms with van der Waals surface area (Å²) in [5.41, 5.74) is 0.666. The van der Waals surface area contributed by atoms with Crippen molar-refractivity contribution in [3.8, 4) is 0 Å². The average molecular weight is 368 g/mol. The third-order valence-corrected chi connectivity index (χ3v) is 6.25. The Bertz CT molecular complexity index is 860. The molecule has 0 unspecified atom stereocenters. The van der Waals surface area contributed by atoms with E-state index in [0.29, 0.717) is 21.6 Å². The molecule has 0 aliphatic rings. The number of fused-ring (bicyclic) bond motifs is 1. The highest BCUT2D eigenvalue weighted by atomic mass is 32.2. The molecule has 8 heteroatoms. The van der Waals surface area contributed by atoms with Gasteiger partial charge in [-0.05, 0) is 31.5 Å². The summed E-state index contributed by atoms with van der Waals surface area (Å²) in [5, 5.41) is 9.39. The van der Waals surface area contributed by atoms with Crippen LogP contribution in [0.5, 0.6) is 0 Å². The van der Waals surface area contributed by atoms with Crippen molar-refractivity contribution in [1.82, 2.24) is 10.2 Å². The molecule has 23 heavy (non-hydrogen) atoms. The molecule has 0 aliphatic carbocycles. The molecule has 3 rings (SSSR count). The number of hydrogen-bond donors (Lipinski definition) is 0. The zero-order valence-corrected chi connectivity index (χ0v) is 14.9. The summed E-state index contributed by atoms with van der Waals surface area (Å²) in [6.07, 6.45) is 0. The molecule has 120 valence electrons. The van der Waals surface area contributed by atoms with Gasteiger partial charge in [0.2, 0.25) is 0 Å². The lowest BCUT2D eigenvalue weighted by Crippen LogP contribution is -2.04. The van der Waals surface area contributed by atoms with E-state index in [1.54, 1.807) is 13.0 Å². The lowest BCUT2D eigenvalue weighted by molar-refractivity contribution is 0.0531. The number of nitrogens with zero attached hydrogens (tertiary/aromatic N) is 2. The minimum atomic E-state index is -0.405. The van der Waals surface area contributed by atoms with E-state index in [1.807, 2.05) is 13.0 Å². The molecule has 0 bridgehead atoms. The predicted octanol–water partition coefficient (Wildman–Crippen LogP) is 4.67. The molecule has 0 N–H and O–H groups in total. The van der Waals surface area contributed by atoms with E-state index < -0.39 is 5.97 Å². The van der Waals surface area contributed by atoms with Crippen LogP contribution in [0, 0.1) is 12.7 Å². The van der Waals surface area contributed by atoms with Gasteiger partial charge >= 0.3 is 5.97 Å². The minimum Gasteiger partial charge on any atom is -0.462 e. The quantitative estimate of drug-likeness (QED) is 0.484. The first-order chi connectivity index (χ1) is 11.1. The molecule has 0 saturated heterocycles. The van der Waals surface area contributed by atoms with Crippen molar-refractivity contribution in [3.63, 3.8) is 0 Å². The largest absolute Gasteiger partial charge is 0.462 e. The van der Waals surface area contributed by atoms with Crippen LogP contribution in [0.1, 0.15) is 27.2 Å². The van der Waals surface area contributed by atoms with E-state index in [9.17, 15) is 9.18 Å². The smallest absolute Gasteiger partial charge is 0.348 e. The molecular weight excluding hydrogens is 355 g/mol. The van der Waals surface area contributed by atoms with Crippen molar-refractivity contribution < 1.29 is 13.9 Å². The maximum absolute atomic E-state index is 14.3. The van der Waals surface area contributed by atoms with E-state index >= 15 is 0 Å². The summed E-state index contributed by atoms with van der Waals surface area (Å²) < 4.78 is 20.9. The van der Waals surface area contributed by atoms with E-state index in [2.05, 4.69) is 10.2 Å². The molecule has 0 fully saturated rings. The highest BCUT2D eigenvalue weighted by Crippen LogP contribution is 2.37. The second-order valence-corrected chi connectivity index (χ2v) is 8.08. The summed E-state index contributed by atoms with van der Waals surface area (Å²) in [6, 6.07) is 4.87. The van der Waals surface area contributed by atoms with Crippen molar-refractivity contribution in [3.05, 3.63) is 39.5 Å². The van der Waals surface area contributed by atoms with Gasteiger partial charge in [-0.15, -0.1) is 21.5 Å². The third-order valence-electron chi connectivity index (χ3n) is 3.07. The molecule has 1 aromatic carbocycles. The van der Waals surface area contributed by atoms with Gasteiger partial charge < -0.3 is 4.74 Å². The number of esters is 1. The Kier molecular flexibility index (Phi) is 4.93. The first-order valence-corrected chi connectivity index (χ1v) is 9.52. The van der Waals surface area contributed by atoms with Crippen LogP contribution >= 0.6 is 34.4 Å². The average Bonchev–Trinajstić information content (AvgIpc) is 3.10.